The van der Waals surface area contributed by atoms with Gasteiger partial charge in [0, 0.05) is 17.4 Å². The van der Waals surface area contributed by atoms with Crippen molar-refractivity contribution in [1.82, 2.24) is 5.32 Å². The van der Waals surface area contributed by atoms with Crippen molar-refractivity contribution in [3.05, 3.63) is 23.8 Å². The molecule has 0 saturated carbocycles. The number of aliphatic imine (C=N–C) groups is 1. The Kier molecular flexibility index (Phi) is 8.32. The standard InChI is InChI=1S/C21H29N2O8PS/c1-3-28-32(25,29-4-2)12-15-13-33-21(22-15)23-20(24)14-5-16(30-18-8-26-9-18)7-17(6-14)31-19-10-27-11-19/h5-7,15,18-19H,3-4,8-13H2,1-2H3,(H,22,23,24). The zero-order chi connectivity index (χ0) is 23.3. The summed E-state index contributed by atoms with van der Waals surface area (Å²) in [5, 5.41) is 3.30. The molecule has 0 aromatic heterocycles. The molecule has 3 heterocycles. The van der Waals surface area contributed by atoms with Crippen molar-refractivity contribution in [2.75, 3.05) is 51.6 Å². The highest BCUT2D eigenvalue weighted by atomic mass is 32.2. The second-order valence-electron chi connectivity index (χ2n) is 7.73. The molecule has 3 aliphatic rings. The third kappa shape index (κ3) is 6.71. The Morgan fingerprint density at radius 1 is 1.06 bits per heavy atom. The summed E-state index contributed by atoms with van der Waals surface area (Å²) in [6.07, 6.45) is 0.102. The molecule has 1 aromatic rings. The molecule has 4 rings (SSSR count). The van der Waals surface area contributed by atoms with Crippen LogP contribution in [-0.4, -0.2) is 80.9 Å². The molecule has 3 aliphatic heterocycles. The van der Waals surface area contributed by atoms with E-state index in [4.69, 9.17) is 28.0 Å². The lowest BCUT2D eigenvalue weighted by Crippen LogP contribution is -2.39. The molecule has 0 aliphatic carbocycles. The number of amides is 1. The zero-order valence-corrected chi connectivity index (χ0v) is 20.4. The largest absolute Gasteiger partial charge is 0.485 e. The summed E-state index contributed by atoms with van der Waals surface area (Å²) < 4.78 is 45.6. The van der Waals surface area contributed by atoms with Gasteiger partial charge in [0.1, 0.15) is 23.7 Å². The maximum Gasteiger partial charge on any atom is 0.332 e. The van der Waals surface area contributed by atoms with E-state index in [1.807, 2.05) is 0 Å². The molecule has 1 aromatic carbocycles. The van der Waals surface area contributed by atoms with E-state index in [1.165, 1.54) is 11.8 Å². The molecule has 1 N–H and O–H groups in total. The van der Waals surface area contributed by atoms with Crippen molar-refractivity contribution < 1.29 is 37.4 Å². The number of ether oxygens (including phenoxy) is 4. The quantitative estimate of drug-likeness (QED) is 0.458. The van der Waals surface area contributed by atoms with E-state index in [0.29, 0.717) is 67.6 Å². The van der Waals surface area contributed by atoms with Crippen molar-refractivity contribution >= 4 is 30.4 Å². The minimum Gasteiger partial charge on any atom is -0.485 e. The highest BCUT2D eigenvalue weighted by Crippen LogP contribution is 2.49. The van der Waals surface area contributed by atoms with Gasteiger partial charge in [0.2, 0.25) is 0 Å². The van der Waals surface area contributed by atoms with E-state index in [9.17, 15) is 9.36 Å². The number of nitrogens with one attached hydrogen (secondary N) is 1. The molecule has 0 bridgehead atoms. The Morgan fingerprint density at radius 2 is 1.64 bits per heavy atom. The Labute approximate surface area is 197 Å². The van der Waals surface area contributed by atoms with Crippen molar-refractivity contribution in [2.45, 2.75) is 32.1 Å². The average Bonchev–Trinajstić information content (AvgIpc) is 3.14. The molecular formula is C21H29N2O8PS. The summed E-state index contributed by atoms with van der Waals surface area (Å²) >= 11 is 1.40. The minimum atomic E-state index is -3.21. The fourth-order valence-corrected chi connectivity index (χ4v) is 6.23. The average molecular weight is 501 g/mol. The fraction of sp³-hybridized carbons (Fsp3) is 0.619. The van der Waals surface area contributed by atoms with Crippen LogP contribution in [0, 0.1) is 0 Å². The SMILES string of the molecule is CCOP(=O)(CC1CSC(NC(=O)c2cc(OC3COC3)cc(OC3COC3)c2)=N1)OCC. The van der Waals surface area contributed by atoms with Gasteiger partial charge < -0.3 is 33.3 Å². The topological polar surface area (TPSA) is 114 Å². The smallest absolute Gasteiger partial charge is 0.332 e. The Balaban J connectivity index is 1.42. The van der Waals surface area contributed by atoms with Crippen LogP contribution in [0.1, 0.15) is 24.2 Å². The lowest BCUT2D eigenvalue weighted by molar-refractivity contribution is -0.0825. The molecule has 10 nitrogen and oxygen atoms in total. The van der Waals surface area contributed by atoms with Gasteiger partial charge in [0.15, 0.2) is 5.17 Å². The highest BCUT2D eigenvalue weighted by molar-refractivity contribution is 8.14. The molecule has 182 valence electrons. The van der Waals surface area contributed by atoms with E-state index < -0.39 is 7.60 Å². The van der Waals surface area contributed by atoms with E-state index in [-0.39, 0.29) is 30.3 Å². The Bertz CT molecular complexity index is 877. The number of carbonyl (C=O) groups excluding carboxylic acids is 1. The highest BCUT2D eigenvalue weighted by Gasteiger charge is 2.32. The number of rotatable bonds is 11. The van der Waals surface area contributed by atoms with E-state index in [2.05, 4.69) is 10.3 Å². The Morgan fingerprint density at radius 3 is 2.12 bits per heavy atom. The summed E-state index contributed by atoms with van der Waals surface area (Å²) in [6, 6.07) is 4.85. The van der Waals surface area contributed by atoms with Gasteiger partial charge in [-0.2, -0.15) is 0 Å². The van der Waals surface area contributed by atoms with Gasteiger partial charge in [0.05, 0.1) is 51.8 Å². The molecular weight excluding hydrogens is 471 g/mol. The molecule has 2 saturated heterocycles. The van der Waals surface area contributed by atoms with Crippen LogP contribution < -0.4 is 14.8 Å². The third-order valence-corrected chi connectivity index (χ3v) is 8.19. The van der Waals surface area contributed by atoms with E-state index in [1.54, 1.807) is 32.0 Å². The van der Waals surface area contributed by atoms with Crippen LogP contribution in [0.5, 0.6) is 11.5 Å². The van der Waals surface area contributed by atoms with Gasteiger partial charge >= 0.3 is 7.60 Å². The number of hydrogen-bond acceptors (Lipinski definition) is 10. The number of nitrogens with zero attached hydrogens (tertiary/aromatic N) is 1. The number of carbonyl (C=O) groups is 1. The maximum absolute atomic E-state index is 13.0. The molecule has 12 heteroatoms. The van der Waals surface area contributed by atoms with Crippen LogP contribution in [0.2, 0.25) is 0 Å². The predicted molar refractivity (Wildman–Crippen MR) is 124 cm³/mol. The molecule has 0 spiro atoms. The first-order valence-corrected chi connectivity index (χ1v) is 13.7. The lowest BCUT2D eigenvalue weighted by atomic mass is 10.1. The van der Waals surface area contributed by atoms with Gasteiger partial charge in [-0.3, -0.25) is 14.4 Å². The van der Waals surface area contributed by atoms with Gasteiger partial charge in [-0.25, -0.2) is 0 Å². The van der Waals surface area contributed by atoms with E-state index >= 15 is 0 Å². The van der Waals surface area contributed by atoms with Gasteiger partial charge in [-0.05, 0) is 26.0 Å². The molecule has 1 amide bonds. The normalized spacial score (nSPS) is 21.2. The first-order chi connectivity index (χ1) is 16.0. The molecule has 0 radical (unpaired) electrons. The van der Waals surface area contributed by atoms with Crippen molar-refractivity contribution in [3.8, 4) is 11.5 Å². The van der Waals surface area contributed by atoms with Crippen LogP contribution >= 0.6 is 19.4 Å². The number of benzene rings is 1. The fourth-order valence-electron chi connectivity index (χ4n) is 3.33. The number of hydrogen-bond donors (Lipinski definition) is 1. The summed E-state index contributed by atoms with van der Waals surface area (Å²) in [5.41, 5.74) is 0.393. The predicted octanol–water partition coefficient (Wildman–Crippen LogP) is 2.71. The van der Waals surface area contributed by atoms with E-state index in [0.717, 1.165) is 0 Å². The summed E-state index contributed by atoms with van der Waals surface area (Å²) in [6.45, 7) is 6.22. The molecule has 33 heavy (non-hydrogen) atoms. The van der Waals surface area contributed by atoms with Gasteiger partial charge in [-0.15, -0.1) is 0 Å². The maximum atomic E-state index is 13.0. The van der Waals surface area contributed by atoms with Crippen molar-refractivity contribution in [1.29, 1.82) is 0 Å². The molecule has 2 fully saturated rings. The van der Waals surface area contributed by atoms with Crippen LogP contribution in [-0.2, 0) is 23.1 Å². The molecule has 1 atom stereocenters. The lowest BCUT2D eigenvalue weighted by Gasteiger charge is -2.29. The Hall–Kier alpha value is -1.62. The number of thioether (sulfide) groups is 1. The number of amidine groups is 1. The first-order valence-electron chi connectivity index (χ1n) is 11.0. The van der Waals surface area contributed by atoms with Gasteiger partial charge in [0.25, 0.3) is 5.91 Å². The zero-order valence-electron chi connectivity index (χ0n) is 18.7. The van der Waals surface area contributed by atoms with Crippen LogP contribution in [0.25, 0.3) is 0 Å². The second-order valence-corrected chi connectivity index (χ2v) is 10.8. The minimum absolute atomic E-state index is 0.0370. The second kappa shape index (κ2) is 11.2. The van der Waals surface area contributed by atoms with Gasteiger partial charge in [-0.1, -0.05) is 11.8 Å². The van der Waals surface area contributed by atoms with Crippen LogP contribution in [0.15, 0.2) is 23.2 Å². The van der Waals surface area contributed by atoms with Crippen molar-refractivity contribution in [2.24, 2.45) is 4.99 Å². The first kappa shape index (κ1) is 24.5. The van der Waals surface area contributed by atoms with Crippen molar-refractivity contribution in [3.63, 3.8) is 0 Å². The third-order valence-electron chi connectivity index (χ3n) is 4.98. The van der Waals surface area contributed by atoms with Crippen LogP contribution in [0.4, 0.5) is 0 Å². The summed E-state index contributed by atoms with van der Waals surface area (Å²) in [5.74, 6) is 1.34. The van der Waals surface area contributed by atoms with Crippen LogP contribution in [0.3, 0.4) is 0 Å². The summed E-state index contributed by atoms with van der Waals surface area (Å²) in [4.78, 5) is 17.5. The molecule has 1 unspecified atom stereocenters. The monoisotopic (exact) mass is 500 g/mol. The summed E-state index contributed by atoms with van der Waals surface area (Å²) in [7, 11) is -3.21.